The summed E-state index contributed by atoms with van der Waals surface area (Å²) in [6.07, 6.45) is 0.530. The van der Waals surface area contributed by atoms with Crippen LogP contribution in [0.2, 0.25) is 0 Å². The molecule has 3 nitrogen and oxygen atoms in total. The standard InChI is InChI=1S/C11H18N2O/c1-9(14)6-7-13-8-10-4-2-3-5-11(10)12/h2-5,9,13-14H,6-8,12H2,1H3. The highest BCUT2D eigenvalue weighted by molar-refractivity contribution is 5.46. The summed E-state index contributed by atoms with van der Waals surface area (Å²) in [7, 11) is 0. The van der Waals surface area contributed by atoms with Crippen LogP contribution in [-0.2, 0) is 6.54 Å². The van der Waals surface area contributed by atoms with E-state index >= 15 is 0 Å². The highest BCUT2D eigenvalue weighted by atomic mass is 16.3. The first kappa shape index (κ1) is 11.0. The van der Waals surface area contributed by atoms with Crippen LogP contribution in [0.5, 0.6) is 0 Å². The molecule has 1 aromatic rings. The number of nitrogen functional groups attached to an aromatic ring is 1. The second-order valence-corrected chi connectivity index (χ2v) is 3.51. The molecule has 0 heterocycles. The van der Waals surface area contributed by atoms with Crippen molar-refractivity contribution in [3.8, 4) is 0 Å². The maximum absolute atomic E-state index is 9.04. The molecule has 0 aliphatic heterocycles. The smallest absolute Gasteiger partial charge is 0.0524 e. The van der Waals surface area contributed by atoms with E-state index in [4.69, 9.17) is 10.8 Å². The molecule has 1 aromatic carbocycles. The summed E-state index contributed by atoms with van der Waals surface area (Å²) >= 11 is 0. The van der Waals surface area contributed by atoms with Gasteiger partial charge < -0.3 is 16.2 Å². The lowest BCUT2D eigenvalue weighted by atomic mass is 10.2. The van der Waals surface area contributed by atoms with Gasteiger partial charge in [-0.2, -0.15) is 0 Å². The van der Waals surface area contributed by atoms with Crippen LogP contribution < -0.4 is 11.1 Å². The molecule has 1 atom stereocenters. The van der Waals surface area contributed by atoms with Gasteiger partial charge in [0.25, 0.3) is 0 Å². The van der Waals surface area contributed by atoms with Gasteiger partial charge >= 0.3 is 0 Å². The van der Waals surface area contributed by atoms with Crippen molar-refractivity contribution in [3.63, 3.8) is 0 Å². The largest absolute Gasteiger partial charge is 0.398 e. The topological polar surface area (TPSA) is 58.3 Å². The van der Waals surface area contributed by atoms with Crippen molar-refractivity contribution >= 4 is 5.69 Å². The van der Waals surface area contributed by atoms with Gasteiger partial charge in [-0.15, -0.1) is 0 Å². The molecule has 0 fully saturated rings. The number of aliphatic hydroxyl groups excluding tert-OH is 1. The van der Waals surface area contributed by atoms with Crippen molar-refractivity contribution in [2.45, 2.75) is 26.0 Å². The third-order valence-corrected chi connectivity index (χ3v) is 2.11. The SMILES string of the molecule is CC(O)CCNCc1ccccc1N. The van der Waals surface area contributed by atoms with Gasteiger partial charge in [-0.3, -0.25) is 0 Å². The lowest BCUT2D eigenvalue weighted by Crippen LogP contribution is -2.19. The van der Waals surface area contributed by atoms with Gasteiger partial charge in [0.2, 0.25) is 0 Å². The third-order valence-electron chi connectivity index (χ3n) is 2.11. The predicted molar refractivity (Wildman–Crippen MR) is 58.9 cm³/mol. The normalized spacial score (nSPS) is 12.7. The van der Waals surface area contributed by atoms with Crippen LogP contribution >= 0.6 is 0 Å². The van der Waals surface area contributed by atoms with Crippen LogP contribution in [-0.4, -0.2) is 17.8 Å². The van der Waals surface area contributed by atoms with E-state index in [9.17, 15) is 0 Å². The zero-order valence-electron chi connectivity index (χ0n) is 8.53. The minimum Gasteiger partial charge on any atom is -0.398 e. The summed E-state index contributed by atoms with van der Waals surface area (Å²) in [6.45, 7) is 3.37. The van der Waals surface area contributed by atoms with Gasteiger partial charge in [0.15, 0.2) is 0 Å². The van der Waals surface area contributed by atoms with E-state index in [2.05, 4.69) is 5.32 Å². The molecule has 0 aliphatic carbocycles. The van der Waals surface area contributed by atoms with Crippen LogP contribution in [0, 0.1) is 0 Å². The van der Waals surface area contributed by atoms with Gasteiger partial charge in [-0.1, -0.05) is 18.2 Å². The zero-order valence-corrected chi connectivity index (χ0v) is 8.53. The molecule has 78 valence electrons. The van der Waals surface area contributed by atoms with Gasteiger partial charge in [-0.25, -0.2) is 0 Å². The molecular formula is C11H18N2O. The van der Waals surface area contributed by atoms with E-state index in [1.807, 2.05) is 24.3 Å². The molecule has 0 saturated heterocycles. The molecular weight excluding hydrogens is 176 g/mol. The average molecular weight is 194 g/mol. The Morgan fingerprint density at radius 3 is 2.79 bits per heavy atom. The summed E-state index contributed by atoms with van der Waals surface area (Å²) in [5, 5.41) is 12.3. The van der Waals surface area contributed by atoms with Crippen LogP contribution in [0.3, 0.4) is 0 Å². The quantitative estimate of drug-likeness (QED) is 0.486. The van der Waals surface area contributed by atoms with Crippen molar-refractivity contribution < 1.29 is 5.11 Å². The average Bonchev–Trinajstić information content (AvgIpc) is 2.15. The van der Waals surface area contributed by atoms with Gasteiger partial charge in [-0.05, 0) is 31.5 Å². The van der Waals surface area contributed by atoms with Gasteiger partial charge in [0, 0.05) is 12.2 Å². The minimum absolute atomic E-state index is 0.240. The van der Waals surface area contributed by atoms with Crippen molar-refractivity contribution in [2.75, 3.05) is 12.3 Å². The minimum atomic E-state index is -0.240. The highest BCUT2D eigenvalue weighted by Gasteiger charge is 1.98. The number of aliphatic hydroxyl groups is 1. The molecule has 14 heavy (non-hydrogen) atoms. The lowest BCUT2D eigenvalue weighted by molar-refractivity contribution is 0.183. The summed E-state index contributed by atoms with van der Waals surface area (Å²) in [5.74, 6) is 0. The van der Waals surface area contributed by atoms with E-state index in [0.29, 0.717) is 0 Å². The lowest BCUT2D eigenvalue weighted by Gasteiger charge is -2.08. The van der Waals surface area contributed by atoms with Crippen molar-refractivity contribution in [1.82, 2.24) is 5.32 Å². The van der Waals surface area contributed by atoms with Crippen LogP contribution in [0.25, 0.3) is 0 Å². The van der Waals surface area contributed by atoms with Crippen LogP contribution in [0.4, 0.5) is 5.69 Å². The fraction of sp³-hybridized carbons (Fsp3) is 0.455. The number of rotatable bonds is 5. The van der Waals surface area contributed by atoms with Crippen molar-refractivity contribution in [2.24, 2.45) is 0 Å². The van der Waals surface area contributed by atoms with E-state index in [1.54, 1.807) is 6.92 Å². The molecule has 0 radical (unpaired) electrons. The summed E-state index contributed by atoms with van der Waals surface area (Å²) in [4.78, 5) is 0. The summed E-state index contributed by atoms with van der Waals surface area (Å²) in [6, 6.07) is 7.80. The Balaban J connectivity index is 2.28. The number of benzene rings is 1. The van der Waals surface area contributed by atoms with Crippen LogP contribution in [0.1, 0.15) is 18.9 Å². The predicted octanol–water partition coefficient (Wildman–Crippen LogP) is 1.13. The Morgan fingerprint density at radius 1 is 1.43 bits per heavy atom. The maximum atomic E-state index is 9.04. The second-order valence-electron chi connectivity index (χ2n) is 3.51. The number of hydrogen-bond donors (Lipinski definition) is 3. The zero-order chi connectivity index (χ0) is 10.4. The molecule has 0 aromatic heterocycles. The Bertz CT molecular complexity index is 274. The number of nitrogens with one attached hydrogen (secondary N) is 1. The number of nitrogens with two attached hydrogens (primary N) is 1. The summed E-state index contributed by atoms with van der Waals surface area (Å²) < 4.78 is 0. The Labute approximate surface area is 84.9 Å². The Morgan fingerprint density at radius 2 is 2.14 bits per heavy atom. The van der Waals surface area contributed by atoms with E-state index in [0.717, 1.165) is 30.8 Å². The molecule has 0 amide bonds. The first-order chi connectivity index (χ1) is 6.70. The van der Waals surface area contributed by atoms with E-state index in [1.165, 1.54) is 0 Å². The first-order valence-corrected chi connectivity index (χ1v) is 4.92. The van der Waals surface area contributed by atoms with Gasteiger partial charge in [0.1, 0.15) is 0 Å². The van der Waals surface area contributed by atoms with E-state index < -0.39 is 0 Å². The van der Waals surface area contributed by atoms with Crippen LogP contribution in [0.15, 0.2) is 24.3 Å². The fourth-order valence-corrected chi connectivity index (χ4v) is 1.23. The second kappa shape index (κ2) is 5.62. The summed E-state index contributed by atoms with van der Waals surface area (Å²) in [5.41, 5.74) is 7.70. The number of anilines is 1. The first-order valence-electron chi connectivity index (χ1n) is 4.92. The highest BCUT2D eigenvalue weighted by Crippen LogP contribution is 2.09. The van der Waals surface area contributed by atoms with Gasteiger partial charge in [0.05, 0.1) is 6.10 Å². The molecule has 3 heteroatoms. The molecule has 1 unspecified atom stereocenters. The molecule has 0 spiro atoms. The Kier molecular flexibility index (Phi) is 4.43. The number of para-hydroxylation sites is 1. The molecule has 0 aliphatic rings. The Hall–Kier alpha value is -1.06. The third kappa shape index (κ3) is 3.77. The number of hydrogen-bond acceptors (Lipinski definition) is 3. The molecule has 0 saturated carbocycles. The maximum Gasteiger partial charge on any atom is 0.0524 e. The monoisotopic (exact) mass is 194 g/mol. The molecule has 1 rings (SSSR count). The molecule has 0 bridgehead atoms. The van der Waals surface area contributed by atoms with Crippen molar-refractivity contribution in [3.05, 3.63) is 29.8 Å². The van der Waals surface area contributed by atoms with E-state index in [-0.39, 0.29) is 6.10 Å². The fourth-order valence-electron chi connectivity index (χ4n) is 1.23. The molecule has 4 N–H and O–H groups in total. The van der Waals surface area contributed by atoms with Crippen molar-refractivity contribution in [1.29, 1.82) is 0 Å².